The molecule has 0 bridgehead atoms. The topological polar surface area (TPSA) is 29.3 Å². The van der Waals surface area contributed by atoms with E-state index in [1.165, 1.54) is 54.5 Å². The quantitative estimate of drug-likeness (QED) is 0.856. The van der Waals surface area contributed by atoms with Gasteiger partial charge in [0.15, 0.2) is 0 Å². The number of likely N-dealkylation sites (tertiary alicyclic amines) is 1. The van der Waals surface area contributed by atoms with Crippen molar-refractivity contribution in [3.63, 3.8) is 0 Å². The van der Waals surface area contributed by atoms with Gasteiger partial charge in [0.05, 0.1) is 6.04 Å². The van der Waals surface area contributed by atoms with Crippen LogP contribution in [0.25, 0.3) is 0 Å². The van der Waals surface area contributed by atoms with Gasteiger partial charge in [-0.25, -0.2) is 0 Å². The lowest BCUT2D eigenvalue weighted by atomic mass is 9.96. The lowest BCUT2D eigenvalue weighted by Crippen LogP contribution is -2.34. The van der Waals surface area contributed by atoms with Crippen LogP contribution in [0.1, 0.15) is 49.9 Å². The number of halogens is 1. The maximum atomic E-state index is 6.05. The number of rotatable bonds is 5. The molecule has 2 nitrogen and oxygen atoms in total. The van der Waals surface area contributed by atoms with Crippen molar-refractivity contribution in [2.45, 2.75) is 45.1 Å². The van der Waals surface area contributed by atoms with Gasteiger partial charge in [-0.05, 0) is 65.6 Å². The standard InChI is InChI=1S/C15H25BrN2S/c1-2-4-12-5-3-8-18(9-6-12)14(11-17)15-13(16)7-10-19-15/h7,10,12,14H,2-6,8-9,11,17H2,1H3. The first kappa shape index (κ1) is 15.5. The van der Waals surface area contributed by atoms with Gasteiger partial charge in [0.25, 0.3) is 0 Å². The van der Waals surface area contributed by atoms with E-state index in [2.05, 4.69) is 39.2 Å². The predicted octanol–water partition coefficient (Wildman–Crippen LogP) is 4.41. The molecule has 1 saturated heterocycles. The van der Waals surface area contributed by atoms with E-state index >= 15 is 0 Å². The normalized spacial score (nSPS) is 23.2. The summed E-state index contributed by atoms with van der Waals surface area (Å²) >= 11 is 5.48. The van der Waals surface area contributed by atoms with E-state index in [4.69, 9.17) is 5.73 Å². The zero-order valence-electron chi connectivity index (χ0n) is 11.8. The van der Waals surface area contributed by atoms with Crippen molar-refractivity contribution in [3.8, 4) is 0 Å². The molecule has 108 valence electrons. The molecule has 0 aliphatic carbocycles. The molecule has 2 heterocycles. The smallest absolute Gasteiger partial charge is 0.0575 e. The van der Waals surface area contributed by atoms with Gasteiger partial charge in [0.1, 0.15) is 0 Å². The van der Waals surface area contributed by atoms with Gasteiger partial charge in [-0.3, -0.25) is 4.90 Å². The molecule has 2 rings (SSSR count). The Hall–Kier alpha value is 0.100. The highest BCUT2D eigenvalue weighted by Crippen LogP contribution is 2.34. The third-order valence-electron chi connectivity index (χ3n) is 4.19. The molecule has 4 heteroatoms. The van der Waals surface area contributed by atoms with Crippen LogP contribution in [0.5, 0.6) is 0 Å². The molecule has 1 aromatic heterocycles. The van der Waals surface area contributed by atoms with E-state index in [0.717, 1.165) is 12.5 Å². The predicted molar refractivity (Wildman–Crippen MR) is 87.6 cm³/mol. The van der Waals surface area contributed by atoms with Crippen LogP contribution in [0.3, 0.4) is 0 Å². The Balaban J connectivity index is 2.01. The molecule has 2 N–H and O–H groups in total. The lowest BCUT2D eigenvalue weighted by Gasteiger charge is -2.29. The fourth-order valence-electron chi connectivity index (χ4n) is 3.16. The van der Waals surface area contributed by atoms with Crippen molar-refractivity contribution < 1.29 is 0 Å². The van der Waals surface area contributed by atoms with Crippen LogP contribution in [0.4, 0.5) is 0 Å². The van der Waals surface area contributed by atoms with E-state index in [0.29, 0.717) is 6.04 Å². The van der Waals surface area contributed by atoms with Crippen molar-refractivity contribution in [2.75, 3.05) is 19.6 Å². The van der Waals surface area contributed by atoms with E-state index < -0.39 is 0 Å². The van der Waals surface area contributed by atoms with Crippen molar-refractivity contribution in [1.82, 2.24) is 4.90 Å². The SMILES string of the molecule is CCCC1CCCN(C(CN)c2sccc2Br)CC1. The molecule has 1 aliphatic rings. The summed E-state index contributed by atoms with van der Waals surface area (Å²) in [6.07, 6.45) is 6.77. The minimum absolute atomic E-state index is 0.398. The van der Waals surface area contributed by atoms with Gasteiger partial charge in [-0.1, -0.05) is 19.8 Å². The van der Waals surface area contributed by atoms with E-state index in [1.54, 1.807) is 0 Å². The molecule has 0 saturated carbocycles. The third kappa shape index (κ3) is 4.03. The summed E-state index contributed by atoms with van der Waals surface area (Å²) in [7, 11) is 0. The number of nitrogens with zero attached hydrogens (tertiary/aromatic N) is 1. The maximum Gasteiger partial charge on any atom is 0.0575 e. The molecule has 1 fully saturated rings. The summed E-state index contributed by atoms with van der Waals surface area (Å²) < 4.78 is 1.22. The zero-order valence-corrected chi connectivity index (χ0v) is 14.2. The summed E-state index contributed by atoms with van der Waals surface area (Å²) in [6, 6.07) is 2.54. The first-order chi connectivity index (χ1) is 9.26. The van der Waals surface area contributed by atoms with Crippen LogP contribution in [0.15, 0.2) is 15.9 Å². The van der Waals surface area contributed by atoms with Crippen LogP contribution in [-0.2, 0) is 0 Å². The van der Waals surface area contributed by atoms with Gasteiger partial charge in [0.2, 0.25) is 0 Å². The van der Waals surface area contributed by atoms with Crippen LogP contribution < -0.4 is 5.73 Å². The van der Waals surface area contributed by atoms with E-state index in [9.17, 15) is 0 Å². The highest BCUT2D eigenvalue weighted by molar-refractivity contribution is 9.10. The third-order valence-corrected chi connectivity index (χ3v) is 6.16. The molecule has 2 atom stereocenters. The summed E-state index contributed by atoms with van der Waals surface area (Å²) in [5, 5.41) is 2.15. The van der Waals surface area contributed by atoms with Gasteiger partial charge in [-0.15, -0.1) is 11.3 Å². The molecule has 0 amide bonds. The molecule has 2 unspecified atom stereocenters. The summed E-state index contributed by atoms with van der Waals surface area (Å²) in [6.45, 7) is 5.43. The van der Waals surface area contributed by atoms with Crippen molar-refractivity contribution in [1.29, 1.82) is 0 Å². The Morgan fingerprint density at radius 3 is 2.95 bits per heavy atom. The zero-order chi connectivity index (χ0) is 13.7. The van der Waals surface area contributed by atoms with Gasteiger partial charge in [-0.2, -0.15) is 0 Å². The van der Waals surface area contributed by atoms with E-state index in [-0.39, 0.29) is 0 Å². The molecule has 19 heavy (non-hydrogen) atoms. The molecular formula is C15H25BrN2S. The van der Waals surface area contributed by atoms with Gasteiger partial charge in [0, 0.05) is 15.9 Å². The Morgan fingerprint density at radius 1 is 1.47 bits per heavy atom. The second-order valence-electron chi connectivity index (χ2n) is 5.51. The van der Waals surface area contributed by atoms with Crippen LogP contribution >= 0.6 is 27.3 Å². The maximum absolute atomic E-state index is 6.05. The van der Waals surface area contributed by atoms with Gasteiger partial charge >= 0.3 is 0 Å². The second-order valence-corrected chi connectivity index (χ2v) is 7.31. The monoisotopic (exact) mass is 344 g/mol. The highest BCUT2D eigenvalue weighted by atomic mass is 79.9. The fraction of sp³-hybridized carbons (Fsp3) is 0.733. The number of hydrogen-bond acceptors (Lipinski definition) is 3. The Kier molecular flexibility index (Phi) is 6.33. The molecular weight excluding hydrogens is 320 g/mol. The Morgan fingerprint density at radius 2 is 2.32 bits per heavy atom. The number of thiophene rings is 1. The minimum Gasteiger partial charge on any atom is -0.329 e. The second kappa shape index (κ2) is 7.77. The first-order valence-corrected chi connectivity index (χ1v) is 9.10. The molecule has 1 aliphatic heterocycles. The van der Waals surface area contributed by atoms with Crippen LogP contribution in [-0.4, -0.2) is 24.5 Å². The molecule has 0 radical (unpaired) electrons. The number of nitrogens with two attached hydrogens (primary N) is 1. The van der Waals surface area contributed by atoms with E-state index in [1.807, 2.05) is 11.3 Å². The summed E-state index contributed by atoms with van der Waals surface area (Å²) in [4.78, 5) is 4.00. The first-order valence-electron chi connectivity index (χ1n) is 7.43. The van der Waals surface area contributed by atoms with Gasteiger partial charge < -0.3 is 5.73 Å². The Labute approximate surface area is 129 Å². The highest BCUT2D eigenvalue weighted by Gasteiger charge is 2.25. The number of hydrogen-bond donors (Lipinski definition) is 1. The molecule has 0 spiro atoms. The molecule has 1 aromatic rings. The average Bonchev–Trinajstić information content (AvgIpc) is 2.69. The largest absolute Gasteiger partial charge is 0.329 e. The average molecular weight is 345 g/mol. The van der Waals surface area contributed by atoms with Crippen molar-refractivity contribution >= 4 is 27.3 Å². The summed E-state index contributed by atoms with van der Waals surface area (Å²) in [5.74, 6) is 0.931. The Bertz CT molecular complexity index is 380. The van der Waals surface area contributed by atoms with Crippen LogP contribution in [0, 0.1) is 5.92 Å². The lowest BCUT2D eigenvalue weighted by molar-refractivity contribution is 0.209. The van der Waals surface area contributed by atoms with Crippen molar-refractivity contribution in [2.24, 2.45) is 11.7 Å². The summed E-state index contributed by atoms with van der Waals surface area (Å²) in [5.41, 5.74) is 6.05. The molecule has 0 aromatic carbocycles. The van der Waals surface area contributed by atoms with Crippen LogP contribution in [0.2, 0.25) is 0 Å². The fourth-order valence-corrected chi connectivity index (χ4v) is 4.95. The van der Waals surface area contributed by atoms with Crippen molar-refractivity contribution in [3.05, 3.63) is 20.8 Å². The minimum atomic E-state index is 0.398.